The van der Waals surface area contributed by atoms with E-state index in [4.69, 9.17) is 4.42 Å². The molecule has 29 heavy (non-hydrogen) atoms. The van der Waals surface area contributed by atoms with Gasteiger partial charge in [0.05, 0.1) is 0 Å². The number of aryl methyl sites for hydroxylation is 1. The highest BCUT2D eigenvalue weighted by atomic mass is 16.4. The van der Waals surface area contributed by atoms with Crippen molar-refractivity contribution in [3.05, 3.63) is 60.5 Å². The van der Waals surface area contributed by atoms with Crippen molar-refractivity contribution in [3.8, 4) is 22.6 Å². The molecule has 2 aliphatic carbocycles. The van der Waals surface area contributed by atoms with Crippen LogP contribution in [0.4, 0.5) is 0 Å². The van der Waals surface area contributed by atoms with Gasteiger partial charge in [0.15, 0.2) is 0 Å². The van der Waals surface area contributed by atoms with Gasteiger partial charge in [-0.15, -0.1) is 10.2 Å². The molecule has 1 N–H and O–H groups in total. The summed E-state index contributed by atoms with van der Waals surface area (Å²) in [5.41, 5.74) is 3.20. The van der Waals surface area contributed by atoms with Crippen molar-refractivity contribution in [2.24, 2.45) is 11.8 Å². The average Bonchev–Trinajstić information content (AvgIpc) is 3.70. The molecule has 1 heterocycles. The Morgan fingerprint density at radius 3 is 2.17 bits per heavy atom. The number of carbonyl (C=O) groups is 1. The van der Waals surface area contributed by atoms with Gasteiger partial charge in [-0.2, -0.15) is 0 Å². The van der Waals surface area contributed by atoms with Crippen LogP contribution in [0.25, 0.3) is 22.6 Å². The van der Waals surface area contributed by atoms with E-state index in [1.165, 1.54) is 31.2 Å². The second kappa shape index (κ2) is 7.82. The molecule has 0 atom stereocenters. The van der Waals surface area contributed by atoms with E-state index < -0.39 is 0 Å². The topological polar surface area (TPSA) is 68.0 Å². The number of benzene rings is 2. The van der Waals surface area contributed by atoms with Crippen molar-refractivity contribution >= 4 is 5.91 Å². The molecule has 0 spiro atoms. The lowest BCUT2D eigenvalue weighted by Crippen LogP contribution is -2.38. The van der Waals surface area contributed by atoms with Gasteiger partial charge in [-0.25, -0.2) is 0 Å². The Morgan fingerprint density at radius 2 is 1.52 bits per heavy atom. The minimum Gasteiger partial charge on any atom is -0.421 e. The van der Waals surface area contributed by atoms with Crippen LogP contribution >= 0.6 is 0 Å². The third-order valence-corrected chi connectivity index (χ3v) is 5.86. The molecule has 2 aromatic carbocycles. The van der Waals surface area contributed by atoms with Crippen LogP contribution < -0.4 is 5.32 Å². The highest BCUT2D eigenvalue weighted by Crippen LogP contribution is 2.44. The van der Waals surface area contributed by atoms with Crippen molar-refractivity contribution in [3.63, 3.8) is 0 Å². The van der Waals surface area contributed by atoms with Crippen molar-refractivity contribution in [2.45, 2.75) is 44.6 Å². The Morgan fingerprint density at radius 1 is 0.897 bits per heavy atom. The third-order valence-electron chi connectivity index (χ3n) is 5.86. The fraction of sp³-hybridized carbons (Fsp3) is 0.375. The van der Waals surface area contributed by atoms with Crippen LogP contribution in [0.3, 0.4) is 0 Å². The average molecular weight is 387 g/mol. The fourth-order valence-electron chi connectivity index (χ4n) is 3.92. The fourth-order valence-corrected chi connectivity index (χ4v) is 3.92. The molecule has 0 saturated heterocycles. The van der Waals surface area contributed by atoms with E-state index in [0.29, 0.717) is 42.5 Å². The number of rotatable bonds is 8. The molecule has 0 aliphatic heterocycles. The van der Waals surface area contributed by atoms with Crippen LogP contribution in [-0.4, -0.2) is 22.1 Å². The predicted molar refractivity (Wildman–Crippen MR) is 111 cm³/mol. The summed E-state index contributed by atoms with van der Waals surface area (Å²) >= 11 is 0. The van der Waals surface area contributed by atoms with E-state index in [2.05, 4.69) is 39.8 Å². The Hall–Kier alpha value is -2.95. The molecule has 1 aromatic heterocycles. The lowest BCUT2D eigenvalue weighted by Gasteiger charge is -2.17. The van der Waals surface area contributed by atoms with Crippen LogP contribution in [0, 0.1) is 11.8 Å². The van der Waals surface area contributed by atoms with Crippen molar-refractivity contribution in [2.75, 3.05) is 0 Å². The maximum absolute atomic E-state index is 12.3. The maximum Gasteiger partial charge on any atom is 0.247 e. The van der Waals surface area contributed by atoms with Gasteiger partial charge in [-0.3, -0.25) is 4.79 Å². The standard InChI is InChI=1S/C24H25N3O2/c28-21(25-23(18-8-9-18)19-10-11-19)14-15-22-26-27-24(29-22)20-12-6-17(7-13-20)16-4-2-1-3-5-16/h1-7,12-13,18-19,23H,8-11,14-15H2,(H,25,28). The smallest absolute Gasteiger partial charge is 0.247 e. The number of hydrogen-bond donors (Lipinski definition) is 1. The van der Waals surface area contributed by atoms with Gasteiger partial charge in [0, 0.05) is 24.4 Å². The first kappa shape index (κ1) is 18.1. The van der Waals surface area contributed by atoms with Crippen LogP contribution in [0.1, 0.15) is 38.0 Å². The third kappa shape index (κ3) is 4.39. The van der Waals surface area contributed by atoms with E-state index in [1.807, 2.05) is 30.3 Å². The zero-order valence-corrected chi connectivity index (χ0v) is 16.4. The quantitative estimate of drug-likeness (QED) is 0.611. The summed E-state index contributed by atoms with van der Waals surface area (Å²) in [4.78, 5) is 12.3. The number of nitrogens with zero attached hydrogens (tertiary/aromatic N) is 2. The van der Waals surface area contributed by atoms with E-state index in [-0.39, 0.29) is 5.91 Å². The first-order chi connectivity index (χ1) is 14.3. The van der Waals surface area contributed by atoms with Gasteiger partial charge >= 0.3 is 0 Å². The van der Waals surface area contributed by atoms with Gasteiger partial charge in [-0.05, 0) is 60.8 Å². The summed E-state index contributed by atoms with van der Waals surface area (Å²) in [5.74, 6) is 2.52. The molecular formula is C24H25N3O2. The molecular weight excluding hydrogens is 362 g/mol. The van der Waals surface area contributed by atoms with E-state index in [1.54, 1.807) is 0 Å². The van der Waals surface area contributed by atoms with Crippen molar-refractivity contribution in [1.82, 2.24) is 15.5 Å². The first-order valence-electron chi connectivity index (χ1n) is 10.5. The lowest BCUT2D eigenvalue weighted by molar-refractivity contribution is -0.122. The molecule has 2 saturated carbocycles. The number of amides is 1. The molecule has 5 nitrogen and oxygen atoms in total. The molecule has 2 fully saturated rings. The minimum atomic E-state index is 0.0979. The second-order valence-electron chi connectivity index (χ2n) is 8.21. The molecule has 5 rings (SSSR count). The largest absolute Gasteiger partial charge is 0.421 e. The highest BCUT2D eigenvalue weighted by molar-refractivity contribution is 5.76. The first-order valence-corrected chi connectivity index (χ1v) is 10.5. The van der Waals surface area contributed by atoms with E-state index in [0.717, 1.165) is 11.1 Å². The summed E-state index contributed by atoms with van der Waals surface area (Å²) in [6, 6.07) is 18.7. The summed E-state index contributed by atoms with van der Waals surface area (Å²) in [6.45, 7) is 0. The second-order valence-corrected chi connectivity index (χ2v) is 8.21. The van der Waals surface area contributed by atoms with Gasteiger partial charge < -0.3 is 9.73 Å². The molecule has 0 radical (unpaired) electrons. The molecule has 1 amide bonds. The van der Waals surface area contributed by atoms with Crippen LogP contribution in [-0.2, 0) is 11.2 Å². The molecule has 148 valence electrons. The number of nitrogens with one attached hydrogen (secondary N) is 1. The van der Waals surface area contributed by atoms with Gasteiger partial charge in [0.25, 0.3) is 0 Å². The molecule has 2 aliphatic rings. The summed E-state index contributed by atoms with van der Waals surface area (Å²) in [7, 11) is 0. The Kier molecular flexibility index (Phi) is 4.88. The lowest BCUT2D eigenvalue weighted by atomic mass is 10.0. The SMILES string of the molecule is O=C(CCc1nnc(-c2ccc(-c3ccccc3)cc2)o1)NC(C1CC1)C1CC1. The zero-order valence-electron chi connectivity index (χ0n) is 16.4. The van der Waals surface area contributed by atoms with E-state index >= 15 is 0 Å². The Bertz CT molecular complexity index is 961. The molecule has 0 unspecified atom stereocenters. The van der Waals surface area contributed by atoms with Crippen molar-refractivity contribution < 1.29 is 9.21 Å². The predicted octanol–water partition coefficient (Wildman–Crippen LogP) is 4.64. The van der Waals surface area contributed by atoms with Crippen LogP contribution in [0.2, 0.25) is 0 Å². The van der Waals surface area contributed by atoms with Crippen LogP contribution in [0.5, 0.6) is 0 Å². The van der Waals surface area contributed by atoms with Gasteiger partial charge in [0.2, 0.25) is 17.7 Å². The minimum absolute atomic E-state index is 0.0979. The number of hydrogen-bond acceptors (Lipinski definition) is 4. The summed E-state index contributed by atoms with van der Waals surface area (Å²) < 4.78 is 5.79. The molecule has 0 bridgehead atoms. The summed E-state index contributed by atoms with van der Waals surface area (Å²) in [5, 5.41) is 11.5. The van der Waals surface area contributed by atoms with Crippen LogP contribution in [0.15, 0.2) is 59.0 Å². The van der Waals surface area contributed by atoms with Crippen molar-refractivity contribution in [1.29, 1.82) is 0 Å². The summed E-state index contributed by atoms with van der Waals surface area (Å²) in [6.07, 6.45) is 5.91. The number of aromatic nitrogens is 2. The highest BCUT2D eigenvalue weighted by Gasteiger charge is 2.42. The number of carbonyl (C=O) groups excluding carboxylic acids is 1. The Balaban J connectivity index is 1.18. The normalized spacial score (nSPS) is 16.2. The zero-order chi connectivity index (χ0) is 19.6. The monoisotopic (exact) mass is 387 g/mol. The Labute approximate surface area is 170 Å². The maximum atomic E-state index is 12.3. The van der Waals surface area contributed by atoms with Gasteiger partial charge in [-0.1, -0.05) is 42.5 Å². The molecule has 5 heteroatoms. The van der Waals surface area contributed by atoms with Gasteiger partial charge in [0.1, 0.15) is 0 Å². The van der Waals surface area contributed by atoms with E-state index in [9.17, 15) is 4.79 Å². The molecule has 3 aromatic rings.